The van der Waals surface area contributed by atoms with E-state index in [9.17, 15) is 9.59 Å². The molecule has 20 heavy (non-hydrogen) atoms. The van der Waals surface area contributed by atoms with Gasteiger partial charge >= 0.3 is 5.97 Å². The number of aliphatic hydroxyl groups is 1. The van der Waals surface area contributed by atoms with Crippen molar-refractivity contribution in [2.45, 2.75) is 46.5 Å². The lowest BCUT2D eigenvalue weighted by Crippen LogP contribution is -2.22. The highest BCUT2D eigenvalue weighted by atomic mass is 16.5. The SMILES string of the molecule is COC(=O)C(C)C(=O)CC/C(C)=C/CC/C(C)=C/CO. The van der Waals surface area contributed by atoms with Gasteiger partial charge in [-0.25, -0.2) is 0 Å². The molecule has 0 aromatic rings. The number of ketones is 1. The summed E-state index contributed by atoms with van der Waals surface area (Å²) in [4.78, 5) is 23.0. The second-order valence-electron chi connectivity index (χ2n) is 5.03. The molecule has 0 aliphatic heterocycles. The van der Waals surface area contributed by atoms with E-state index in [4.69, 9.17) is 5.11 Å². The minimum Gasteiger partial charge on any atom is -0.468 e. The predicted molar refractivity (Wildman–Crippen MR) is 79.3 cm³/mol. The smallest absolute Gasteiger partial charge is 0.315 e. The van der Waals surface area contributed by atoms with Crippen LogP contribution in [0.25, 0.3) is 0 Å². The quantitative estimate of drug-likeness (QED) is 0.401. The Labute approximate surface area is 121 Å². The van der Waals surface area contributed by atoms with Crippen molar-refractivity contribution in [3.63, 3.8) is 0 Å². The number of carbonyl (C=O) groups is 2. The Balaban J connectivity index is 4.09. The third-order valence-electron chi connectivity index (χ3n) is 3.27. The first-order chi connectivity index (χ1) is 9.42. The molecule has 0 amide bonds. The van der Waals surface area contributed by atoms with Crippen LogP contribution in [-0.2, 0) is 14.3 Å². The molecule has 1 atom stereocenters. The number of Topliss-reactive ketones (excluding diaryl/α,β-unsaturated/α-hetero) is 1. The fraction of sp³-hybridized carbons (Fsp3) is 0.625. The van der Waals surface area contributed by atoms with E-state index >= 15 is 0 Å². The average Bonchev–Trinajstić information content (AvgIpc) is 2.43. The topological polar surface area (TPSA) is 63.6 Å². The molecule has 0 aliphatic rings. The van der Waals surface area contributed by atoms with Crippen LogP contribution in [0.1, 0.15) is 46.5 Å². The molecule has 0 saturated carbocycles. The van der Waals surface area contributed by atoms with Crippen LogP contribution < -0.4 is 0 Å². The molecule has 0 bridgehead atoms. The van der Waals surface area contributed by atoms with Crippen LogP contribution in [0, 0.1) is 5.92 Å². The summed E-state index contributed by atoms with van der Waals surface area (Å²) in [6, 6.07) is 0. The molecule has 0 spiro atoms. The van der Waals surface area contributed by atoms with Crippen LogP contribution in [0.5, 0.6) is 0 Å². The zero-order valence-electron chi connectivity index (χ0n) is 12.9. The Kier molecular flexibility index (Phi) is 9.64. The van der Waals surface area contributed by atoms with Crippen molar-refractivity contribution in [3.05, 3.63) is 23.3 Å². The molecule has 4 nitrogen and oxygen atoms in total. The average molecular weight is 282 g/mol. The lowest BCUT2D eigenvalue weighted by Gasteiger charge is -2.08. The molecule has 4 heteroatoms. The number of allylic oxidation sites excluding steroid dienone is 3. The van der Waals surface area contributed by atoms with E-state index in [1.165, 1.54) is 7.11 Å². The van der Waals surface area contributed by atoms with Crippen molar-refractivity contribution >= 4 is 11.8 Å². The first-order valence-electron chi connectivity index (χ1n) is 6.95. The van der Waals surface area contributed by atoms with Crippen LogP contribution in [-0.4, -0.2) is 30.6 Å². The van der Waals surface area contributed by atoms with Gasteiger partial charge in [-0.2, -0.15) is 0 Å². The van der Waals surface area contributed by atoms with E-state index in [0.717, 1.165) is 24.0 Å². The van der Waals surface area contributed by atoms with E-state index < -0.39 is 11.9 Å². The summed E-state index contributed by atoms with van der Waals surface area (Å²) in [5.74, 6) is -1.23. The standard InChI is InChI=1S/C16H26O4/c1-12(6-5-7-13(2)10-11-17)8-9-15(18)14(3)16(19)20-4/h6,10,14,17H,5,7-9,11H2,1-4H3/b12-6+,13-10+. The summed E-state index contributed by atoms with van der Waals surface area (Å²) >= 11 is 0. The summed E-state index contributed by atoms with van der Waals surface area (Å²) < 4.78 is 4.55. The van der Waals surface area contributed by atoms with Gasteiger partial charge in [0.1, 0.15) is 11.7 Å². The van der Waals surface area contributed by atoms with Crippen LogP contribution in [0.15, 0.2) is 23.3 Å². The second-order valence-corrected chi connectivity index (χ2v) is 5.03. The summed E-state index contributed by atoms with van der Waals surface area (Å²) in [5, 5.41) is 8.74. The summed E-state index contributed by atoms with van der Waals surface area (Å²) in [7, 11) is 1.29. The lowest BCUT2D eigenvalue weighted by molar-refractivity contribution is -0.148. The summed E-state index contributed by atoms with van der Waals surface area (Å²) in [6.07, 6.45) is 6.74. The minimum absolute atomic E-state index is 0.0778. The normalized spacial score (nSPS) is 14.1. The highest BCUT2D eigenvalue weighted by Crippen LogP contribution is 2.13. The predicted octanol–water partition coefficient (Wildman–Crippen LogP) is 2.81. The highest BCUT2D eigenvalue weighted by molar-refractivity contribution is 5.98. The second kappa shape index (κ2) is 10.4. The molecular formula is C16H26O4. The van der Waals surface area contributed by atoms with E-state index in [-0.39, 0.29) is 12.4 Å². The number of carbonyl (C=O) groups excluding carboxylic acids is 2. The number of aliphatic hydroxyl groups excluding tert-OH is 1. The van der Waals surface area contributed by atoms with Gasteiger partial charge in [0.25, 0.3) is 0 Å². The number of hydrogen-bond donors (Lipinski definition) is 1. The molecule has 114 valence electrons. The first kappa shape index (κ1) is 18.6. The fourth-order valence-electron chi connectivity index (χ4n) is 1.75. The minimum atomic E-state index is -0.678. The Morgan fingerprint density at radius 1 is 1.10 bits per heavy atom. The maximum atomic E-state index is 11.8. The molecule has 0 aromatic heterocycles. The van der Waals surface area contributed by atoms with Gasteiger partial charge in [0.15, 0.2) is 0 Å². The third-order valence-corrected chi connectivity index (χ3v) is 3.27. The lowest BCUT2D eigenvalue weighted by atomic mass is 9.99. The maximum Gasteiger partial charge on any atom is 0.315 e. The van der Waals surface area contributed by atoms with Crippen molar-refractivity contribution in [1.29, 1.82) is 0 Å². The fourth-order valence-corrected chi connectivity index (χ4v) is 1.75. The van der Waals surface area contributed by atoms with E-state index in [2.05, 4.69) is 10.8 Å². The van der Waals surface area contributed by atoms with Gasteiger partial charge < -0.3 is 9.84 Å². The van der Waals surface area contributed by atoms with Gasteiger partial charge in [0.05, 0.1) is 13.7 Å². The van der Waals surface area contributed by atoms with Crippen molar-refractivity contribution in [3.8, 4) is 0 Å². The Hall–Kier alpha value is -1.42. The molecule has 1 unspecified atom stereocenters. The number of hydrogen-bond acceptors (Lipinski definition) is 4. The summed E-state index contributed by atoms with van der Waals surface area (Å²) in [5.41, 5.74) is 2.30. The van der Waals surface area contributed by atoms with Gasteiger partial charge in [0, 0.05) is 6.42 Å². The van der Waals surface area contributed by atoms with Crippen LogP contribution in [0.4, 0.5) is 0 Å². The molecule has 1 N–H and O–H groups in total. The monoisotopic (exact) mass is 282 g/mol. The Morgan fingerprint density at radius 2 is 1.70 bits per heavy atom. The molecule has 0 aliphatic carbocycles. The molecular weight excluding hydrogens is 256 g/mol. The van der Waals surface area contributed by atoms with Crippen molar-refractivity contribution in [2.75, 3.05) is 13.7 Å². The molecule has 0 aromatic carbocycles. The van der Waals surface area contributed by atoms with Gasteiger partial charge in [-0.15, -0.1) is 0 Å². The largest absolute Gasteiger partial charge is 0.468 e. The maximum absolute atomic E-state index is 11.8. The molecule has 0 fully saturated rings. The first-order valence-corrected chi connectivity index (χ1v) is 6.95. The Morgan fingerprint density at radius 3 is 2.25 bits per heavy atom. The number of methoxy groups -OCH3 is 1. The van der Waals surface area contributed by atoms with E-state index in [1.54, 1.807) is 13.0 Å². The third kappa shape index (κ3) is 7.89. The van der Waals surface area contributed by atoms with Crippen molar-refractivity contribution in [1.82, 2.24) is 0 Å². The number of ether oxygens (including phenoxy) is 1. The zero-order chi connectivity index (χ0) is 15.5. The van der Waals surface area contributed by atoms with Gasteiger partial charge in [-0.05, 0) is 40.0 Å². The number of rotatable bonds is 9. The zero-order valence-corrected chi connectivity index (χ0v) is 12.9. The molecule has 0 rings (SSSR count). The van der Waals surface area contributed by atoms with Gasteiger partial charge in [-0.3, -0.25) is 9.59 Å². The van der Waals surface area contributed by atoms with E-state index in [1.807, 2.05) is 13.8 Å². The van der Waals surface area contributed by atoms with Gasteiger partial charge in [-0.1, -0.05) is 23.3 Å². The van der Waals surface area contributed by atoms with Crippen molar-refractivity contribution < 1.29 is 19.4 Å². The highest BCUT2D eigenvalue weighted by Gasteiger charge is 2.21. The Bertz CT molecular complexity index is 380. The van der Waals surface area contributed by atoms with Gasteiger partial charge in [0.2, 0.25) is 0 Å². The van der Waals surface area contributed by atoms with Crippen LogP contribution in [0.3, 0.4) is 0 Å². The van der Waals surface area contributed by atoms with Crippen LogP contribution in [0.2, 0.25) is 0 Å². The summed E-state index contributed by atoms with van der Waals surface area (Å²) in [6.45, 7) is 5.63. The number of esters is 1. The van der Waals surface area contributed by atoms with E-state index in [0.29, 0.717) is 12.8 Å². The molecule has 0 saturated heterocycles. The molecule has 0 heterocycles. The molecule has 0 radical (unpaired) electrons. The van der Waals surface area contributed by atoms with Crippen LogP contribution >= 0.6 is 0 Å². The van der Waals surface area contributed by atoms with Crippen molar-refractivity contribution in [2.24, 2.45) is 5.92 Å².